The molecule has 0 bridgehead atoms. The third kappa shape index (κ3) is 1.87. The molecule has 1 fully saturated rings. The second-order valence-electron chi connectivity index (χ2n) is 7.53. The first kappa shape index (κ1) is 14.3. The van der Waals surface area contributed by atoms with Gasteiger partial charge < -0.3 is 0 Å². The highest BCUT2D eigenvalue weighted by molar-refractivity contribution is 6.02. The Morgan fingerprint density at radius 2 is 2.10 bits per heavy atom. The molecule has 0 radical (unpaired) electrons. The minimum Gasteiger partial charge on any atom is -0.293 e. The third-order valence-electron chi connectivity index (χ3n) is 6.20. The molecule has 0 N–H and O–H groups in total. The van der Waals surface area contributed by atoms with Gasteiger partial charge in [-0.05, 0) is 37.0 Å². The first-order chi connectivity index (χ1) is 9.82. The molecule has 2 nitrogen and oxygen atoms in total. The van der Waals surface area contributed by atoms with E-state index in [-0.39, 0.29) is 22.5 Å². The Hall–Kier alpha value is -1.62. The monoisotopic (exact) mass is 281 g/mol. The molecule has 0 aromatic heterocycles. The zero-order chi connectivity index (χ0) is 15.4. The molecule has 0 heterocycles. The minimum atomic E-state index is -0.172. The fraction of sp³-hybridized carbons (Fsp3) is 0.579. The van der Waals surface area contributed by atoms with Crippen molar-refractivity contribution in [2.24, 2.45) is 22.7 Å². The van der Waals surface area contributed by atoms with Crippen molar-refractivity contribution in [2.45, 2.75) is 46.5 Å². The van der Waals surface area contributed by atoms with E-state index in [2.05, 4.69) is 32.6 Å². The number of Topliss-reactive ketones (excluding diaryl/α,β-unsaturated/α-hetero) is 1. The highest BCUT2D eigenvalue weighted by Gasteiger charge is 2.54. The van der Waals surface area contributed by atoms with Gasteiger partial charge in [0.15, 0.2) is 5.78 Å². The largest absolute Gasteiger partial charge is 0.293 e. The molecule has 0 spiro atoms. The van der Waals surface area contributed by atoms with Crippen molar-refractivity contribution in [1.82, 2.24) is 0 Å². The van der Waals surface area contributed by atoms with E-state index in [0.29, 0.717) is 11.5 Å². The quantitative estimate of drug-likeness (QED) is 0.662. The van der Waals surface area contributed by atoms with E-state index < -0.39 is 0 Å². The van der Waals surface area contributed by atoms with Gasteiger partial charge in [0.05, 0.1) is 5.57 Å². The van der Waals surface area contributed by atoms with Crippen LogP contribution in [-0.4, -0.2) is 5.78 Å². The molecule has 21 heavy (non-hydrogen) atoms. The van der Waals surface area contributed by atoms with Crippen molar-refractivity contribution < 1.29 is 4.79 Å². The number of hydrogen-bond acceptors (Lipinski definition) is 2. The van der Waals surface area contributed by atoms with E-state index >= 15 is 0 Å². The Morgan fingerprint density at radius 1 is 1.38 bits per heavy atom. The number of rotatable bonds is 0. The van der Waals surface area contributed by atoms with Gasteiger partial charge in [0.25, 0.3) is 0 Å². The van der Waals surface area contributed by atoms with Gasteiger partial charge in [-0.2, -0.15) is 5.26 Å². The summed E-state index contributed by atoms with van der Waals surface area (Å²) >= 11 is 0. The highest BCUT2D eigenvalue weighted by Crippen LogP contribution is 2.61. The molecule has 4 atom stereocenters. The molecule has 1 saturated carbocycles. The molecule has 3 rings (SSSR count). The van der Waals surface area contributed by atoms with Crippen LogP contribution in [0.15, 0.2) is 35.5 Å². The van der Waals surface area contributed by atoms with Gasteiger partial charge in [-0.1, -0.05) is 50.6 Å². The molecule has 3 aliphatic rings. The molecule has 4 unspecified atom stereocenters. The van der Waals surface area contributed by atoms with Gasteiger partial charge in [0.1, 0.15) is 6.07 Å². The van der Waals surface area contributed by atoms with Gasteiger partial charge in [-0.25, -0.2) is 0 Å². The molecule has 110 valence electrons. The SMILES string of the molecule is C=C1C=C2C(C)(CC1)CCC1C(C)C(=O)C(C#N)=CC21C. The summed E-state index contributed by atoms with van der Waals surface area (Å²) in [6.07, 6.45) is 8.62. The highest BCUT2D eigenvalue weighted by atomic mass is 16.1. The number of ketones is 1. The van der Waals surface area contributed by atoms with Crippen LogP contribution in [0.2, 0.25) is 0 Å². The van der Waals surface area contributed by atoms with Crippen molar-refractivity contribution in [3.63, 3.8) is 0 Å². The van der Waals surface area contributed by atoms with Crippen molar-refractivity contribution >= 4 is 5.78 Å². The standard InChI is InChI=1S/C19H23NO/c1-12-5-7-18(3)8-6-15-13(2)17(21)14(11-20)10-19(15,4)16(18)9-12/h9-10,13,15H,1,5-8H2,2-4H3. The average Bonchev–Trinajstić information content (AvgIpc) is 2.45. The zero-order valence-corrected chi connectivity index (χ0v) is 13.2. The normalized spacial score (nSPS) is 42.4. The second-order valence-corrected chi connectivity index (χ2v) is 7.53. The first-order valence-electron chi connectivity index (χ1n) is 7.89. The van der Waals surface area contributed by atoms with Crippen LogP contribution in [0.3, 0.4) is 0 Å². The van der Waals surface area contributed by atoms with Crippen LogP contribution >= 0.6 is 0 Å². The summed E-state index contributed by atoms with van der Waals surface area (Å²) in [7, 11) is 0. The predicted molar refractivity (Wildman–Crippen MR) is 83.3 cm³/mol. The molecule has 0 saturated heterocycles. The Balaban J connectivity index is 2.20. The van der Waals surface area contributed by atoms with Crippen molar-refractivity contribution in [1.29, 1.82) is 5.26 Å². The van der Waals surface area contributed by atoms with Crippen LogP contribution in [0, 0.1) is 34.0 Å². The zero-order valence-electron chi connectivity index (χ0n) is 13.2. The Bertz CT molecular complexity index is 632. The van der Waals surface area contributed by atoms with Crippen molar-refractivity contribution in [3.05, 3.63) is 35.5 Å². The van der Waals surface area contributed by atoms with Crippen LogP contribution in [0.4, 0.5) is 0 Å². The smallest absolute Gasteiger partial charge is 0.176 e. The van der Waals surface area contributed by atoms with Crippen LogP contribution in [0.25, 0.3) is 0 Å². The molecule has 0 amide bonds. The van der Waals surface area contributed by atoms with Crippen LogP contribution < -0.4 is 0 Å². The summed E-state index contributed by atoms with van der Waals surface area (Å²) < 4.78 is 0. The molecular formula is C19H23NO. The summed E-state index contributed by atoms with van der Waals surface area (Å²) in [6, 6.07) is 2.12. The minimum absolute atomic E-state index is 0.0267. The first-order valence-corrected chi connectivity index (χ1v) is 7.89. The topological polar surface area (TPSA) is 40.9 Å². The maximum absolute atomic E-state index is 12.3. The fourth-order valence-corrected chi connectivity index (χ4v) is 4.90. The van der Waals surface area contributed by atoms with E-state index in [1.54, 1.807) is 0 Å². The van der Waals surface area contributed by atoms with E-state index in [1.165, 1.54) is 11.1 Å². The van der Waals surface area contributed by atoms with Crippen molar-refractivity contribution in [2.75, 3.05) is 0 Å². The number of carbonyl (C=O) groups is 1. The summed E-state index contributed by atoms with van der Waals surface area (Å²) in [6.45, 7) is 10.7. The summed E-state index contributed by atoms with van der Waals surface area (Å²) in [4.78, 5) is 12.3. The van der Waals surface area contributed by atoms with E-state index in [9.17, 15) is 10.1 Å². The number of allylic oxidation sites excluding steroid dienone is 5. The lowest BCUT2D eigenvalue weighted by Gasteiger charge is -2.55. The molecule has 0 aromatic rings. The number of hydrogen-bond donors (Lipinski definition) is 0. The lowest BCUT2D eigenvalue weighted by molar-refractivity contribution is -0.122. The Morgan fingerprint density at radius 3 is 2.76 bits per heavy atom. The Kier molecular flexibility index (Phi) is 3.03. The van der Waals surface area contributed by atoms with Gasteiger partial charge in [-0.15, -0.1) is 0 Å². The molecule has 2 heteroatoms. The summed E-state index contributed by atoms with van der Waals surface area (Å²) in [5.74, 6) is 0.279. The van der Waals surface area contributed by atoms with Gasteiger partial charge in [0.2, 0.25) is 0 Å². The van der Waals surface area contributed by atoms with Crippen LogP contribution in [-0.2, 0) is 4.79 Å². The fourth-order valence-electron chi connectivity index (χ4n) is 4.90. The summed E-state index contributed by atoms with van der Waals surface area (Å²) in [5.41, 5.74) is 2.95. The number of carbonyl (C=O) groups excluding carboxylic acids is 1. The third-order valence-corrected chi connectivity index (χ3v) is 6.20. The number of nitrogens with zero attached hydrogens (tertiary/aromatic N) is 1. The Labute approximate surface area is 127 Å². The van der Waals surface area contributed by atoms with Gasteiger partial charge in [0, 0.05) is 11.3 Å². The lowest BCUT2D eigenvalue weighted by atomic mass is 9.48. The molecule has 0 aromatic carbocycles. The lowest BCUT2D eigenvalue weighted by Crippen LogP contribution is -2.48. The van der Waals surface area contributed by atoms with Gasteiger partial charge >= 0.3 is 0 Å². The summed E-state index contributed by atoms with van der Waals surface area (Å²) in [5, 5.41) is 9.32. The maximum Gasteiger partial charge on any atom is 0.176 e. The molecule has 3 aliphatic carbocycles. The van der Waals surface area contributed by atoms with E-state index in [1.807, 2.05) is 13.0 Å². The second kappa shape index (κ2) is 4.44. The molecule has 0 aliphatic heterocycles. The van der Waals surface area contributed by atoms with Crippen LogP contribution in [0.1, 0.15) is 46.5 Å². The van der Waals surface area contributed by atoms with E-state index in [0.717, 1.165) is 25.7 Å². The average molecular weight is 281 g/mol. The van der Waals surface area contributed by atoms with E-state index in [4.69, 9.17) is 0 Å². The number of fused-ring (bicyclic) bond motifs is 3. The number of nitriles is 1. The van der Waals surface area contributed by atoms with Crippen LogP contribution in [0.5, 0.6) is 0 Å². The van der Waals surface area contributed by atoms with Crippen molar-refractivity contribution in [3.8, 4) is 6.07 Å². The van der Waals surface area contributed by atoms with Gasteiger partial charge in [-0.3, -0.25) is 4.79 Å². The maximum atomic E-state index is 12.3. The molecular weight excluding hydrogens is 258 g/mol. The predicted octanol–water partition coefficient (Wildman–Crippen LogP) is 4.35.